The molecule has 0 unspecified atom stereocenters. The van der Waals surface area contributed by atoms with Crippen LogP contribution in [-0.2, 0) is 10.1 Å². The van der Waals surface area contributed by atoms with Crippen LogP contribution in [0.3, 0.4) is 0 Å². The van der Waals surface area contributed by atoms with E-state index in [0.29, 0.717) is 0 Å². The van der Waals surface area contributed by atoms with Gasteiger partial charge in [-0.15, -0.1) is 0 Å². The molecule has 0 aromatic heterocycles. The van der Waals surface area contributed by atoms with Crippen molar-refractivity contribution in [2.24, 2.45) is 0 Å². The number of nitrogens with zero attached hydrogens (tertiary/aromatic N) is 1. The van der Waals surface area contributed by atoms with E-state index in [0.717, 1.165) is 18.5 Å². The molecule has 1 fully saturated rings. The second-order valence-electron chi connectivity index (χ2n) is 1.84. The highest BCUT2D eigenvalue weighted by atomic mass is 32.2. The summed E-state index contributed by atoms with van der Waals surface area (Å²) in [5.74, 6) is 0. The maximum Gasteiger partial charge on any atom is 0.289 e. The Kier molecular flexibility index (Phi) is 1.46. The quantitative estimate of drug-likeness (QED) is 0.431. The second-order valence-corrected chi connectivity index (χ2v) is 3.14. The summed E-state index contributed by atoms with van der Waals surface area (Å²) in [6.45, 7) is 1.76. The Balaban J connectivity index is 2.48. The second kappa shape index (κ2) is 2.00. The molecule has 0 saturated carbocycles. The summed E-state index contributed by atoms with van der Waals surface area (Å²) in [6, 6.07) is 0. The third kappa shape index (κ3) is 3.10. The molecule has 0 amide bonds. The molecule has 1 saturated heterocycles. The van der Waals surface area contributed by atoms with E-state index in [1.165, 1.54) is 6.20 Å². The Hall–Kier alpha value is -0.550. The molecule has 4 nitrogen and oxygen atoms in total. The van der Waals surface area contributed by atoms with Crippen molar-refractivity contribution in [1.82, 2.24) is 4.90 Å². The van der Waals surface area contributed by atoms with Gasteiger partial charge >= 0.3 is 0 Å². The van der Waals surface area contributed by atoms with Crippen LogP contribution in [0.4, 0.5) is 0 Å². The molecule has 5 heteroatoms. The SMILES string of the molecule is O=S(=O)(O)C=CN1CC1. The minimum atomic E-state index is -3.90. The van der Waals surface area contributed by atoms with Crippen LogP contribution in [0.5, 0.6) is 0 Å². The lowest BCUT2D eigenvalue weighted by atomic mass is 11.0. The largest absolute Gasteiger partial charge is 0.373 e. The van der Waals surface area contributed by atoms with Crippen molar-refractivity contribution in [2.75, 3.05) is 13.1 Å². The van der Waals surface area contributed by atoms with Crippen LogP contribution < -0.4 is 0 Å². The molecule has 0 aliphatic carbocycles. The van der Waals surface area contributed by atoms with Crippen molar-refractivity contribution in [2.45, 2.75) is 0 Å². The van der Waals surface area contributed by atoms with Gasteiger partial charge in [-0.3, -0.25) is 4.55 Å². The summed E-state index contributed by atoms with van der Waals surface area (Å²) in [5, 5.41) is 0.778. The molecule has 1 rings (SSSR count). The predicted molar refractivity (Wildman–Crippen MR) is 32.3 cm³/mol. The number of hydrogen-bond acceptors (Lipinski definition) is 3. The summed E-state index contributed by atoms with van der Waals surface area (Å²) < 4.78 is 28.2. The molecule has 9 heavy (non-hydrogen) atoms. The first-order valence-electron chi connectivity index (χ1n) is 2.48. The first-order chi connectivity index (χ1) is 4.08. The van der Waals surface area contributed by atoms with Gasteiger partial charge in [0.15, 0.2) is 0 Å². The fourth-order valence-electron chi connectivity index (χ4n) is 0.370. The topological polar surface area (TPSA) is 57.4 Å². The smallest absolute Gasteiger partial charge is 0.289 e. The molecular weight excluding hydrogens is 142 g/mol. The molecule has 0 radical (unpaired) electrons. The molecule has 1 aliphatic heterocycles. The highest BCUT2D eigenvalue weighted by Crippen LogP contribution is 2.03. The van der Waals surface area contributed by atoms with Crippen molar-refractivity contribution in [1.29, 1.82) is 0 Å². The fourth-order valence-corrected chi connectivity index (χ4v) is 0.696. The van der Waals surface area contributed by atoms with Gasteiger partial charge in [-0.25, -0.2) is 0 Å². The summed E-state index contributed by atoms with van der Waals surface area (Å²) >= 11 is 0. The molecule has 0 aromatic carbocycles. The Morgan fingerprint density at radius 1 is 1.44 bits per heavy atom. The van der Waals surface area contributed by atoms with Crippen LogP contribution >= 0.6 is 0 Å². The van der Waals surface area contributed by atoms with E-state index >= 15 is 0 Å². The van der Waals surface area contributed by atoms with E-state index in [1.54, 1.807) is 4.90 Å². The molecule has 0 atom stereocenters. The average Bonchev–Trinajstić information content (AvgIpc) is 2.38. The van der Waals surface area contributed by atoms with E-state index < -0.39 is 10.1 Å². The Bertz CT molecular complexity index is 214. The summed E-state index contributed by atoms with van der Waals surface area (Å²) in [4.78, 5) is 1.76. The minimum Gasteiger partial charge on any atom is -0.373 e. The Morgan fingerprint density at radius 2 is 2.00 bits per heavy atom. The Labute approximate surface area is 53.5 Å². The van der Waals surface area contributed by atoms with E-state index in [1.807, 2.05) is 0 Å². The lowest BCUT2D eigenvalue weighted by Crippen LogP contribution is -1.91. The molecule has 1 N–H and O–H groups in total. The molecule has 0 spiro atoms. The van der Waals surface area contributed by atoms with Gasteiger partial charge in [0.05, 0.1) is 5.41 Å². The van der Waals surface area contributed by atoms with Crippen LogP contribution in [0, 0.1) is 0 Å². The van der Waals surface area contributed by atoms with Crippen molar-refractivity contribution in [3.63, 3.8) is 0 Å². The zero-order valence-electron chi connectivity index (χ0n) is 4.69. The Morgan fingerprint density at radius 3 is 2.33 bits per heavy atom. The zero-order valence-corrected chi connectivity index (χ0v) is 5.50. The highest BCUT2D eigenvalue weighted by molar-refractivity contribution is 7.88. The molecule has 1 heterocycles. The molecule has 1 aliphatic rings. The molecular formula is C4H7NO3S. The number of rotatable bonds is 2. The van der Waals surface area contributed by atoms with Gasteiger partial charge in [0, 0.05) is 19.3 Å². The van der Waals surface area contributed by atoms with Crippen LogP contribution in [0.25, 0.3) is 0 Å². The normalized spacial score (nSPS) is 19.0. The van der Waals surface area contributed by atoms with Crippen molar-refractivity contribution in [3.05, 3.63) is 11.6 Å². The fraction of sp³-hybridized carbons (Fsp3) is 0.500. The zero-order chi connectivity index (χ0) is 6.91. The highest BCUT2D eigenvalue weighted by Gasteiger charge is 2.11. The van der Waals surface area contributed by atoms with Gasteiger partial charge < -0.3 is 4.90 Å². The maximum absolute atomic E-state index is 10.0. The van der Waals surface area contributed by atoms with Crippen LogP contribution in [0.15, 0.2) is 11.6 Å². The maximum atomic E-state index is 10.0. The van der Waals surface area contributed by atoms with Gasteiger partial charge in [-0.2, -0.15) is 8.42 Å². The van der Waals surface area contributed by atoms with Crippen molar-refractivity contribution < 1.29 is 13.0 Å². The molecule has 0 bridgehead atoms. The van der Waals surface area contributed by atoms with E-state index in [2.05, 4.69) is 0 Å². The van der Waals surface area contributed by atoms with Crippen molar-refractivity contribution in [3.8, 4) is 0 Å². The molecule has 52 valence electrons. The first-order valence-corrected chi connectivity index (χ1v) is 3.98. The van der Waals surface area contributed by atoms with Crippen LogP contribution in [0.2, 0.25) is 0 Å². The monoisotopic (exact) mass is 149 g/mol. The van der Waals surface area contributed by atoms with Gasteiger partial charge in [0.2, 0.25) is 0 Å². The standard InChI is InChI=1S/C4H7NO3S/c6-9(7,8)4-3-5-1-2-5/h3-4H,1-2H2,(H,6,7,8). The van der Waals surface area contributed by atoms with Gasteiger partial charge in [0.25, 0.3) is 10.1 Å². The number of hydrogen-bond donors (Lipinski definition) is 1. The van der Waals surface area contributed by atoms with Crippen LogP contribution in [0.1, 0.15) is 0 Å². The third-order valence-electron chi connectivity index (χ3n) is 0.925. The van der Waals surface area contributed by atoms with Gasteiger partial charge in [-0.1, -0.05) is 0 Å². The summed E-state index contributed by atoms with van der Waals surface area (Å²) in [6.07, 6.45) is 1.36. The lowest BCUT2D eigenvalue weighted by molar-refractivity contribution is 0.494. The lowest BCUT2D eigenvalue weighted by Gasteiger charge is -1.85. The van der Waals surface area contributed by atoms with Crippen molar-refractivity contribution >= 4 is 10.1 Å². The van der Waals surface area contributed by atoms with E-state index in [9.17, 15) is 8.42 Å². The third-order valence-corrected chi connectivity index (χ3v) is 1.39. The van der Waals surface area contributed by atoms with E-state index in [-0.39, 0.29) is 0 Å². The average molecular weight is 149 g/mol. The minimum absolute atomic E-state index is 0.778. The van der Waals surface area contributed by atoms with Gasteiger partial charge in [0.1, 0.15) is 0 Å². The van der Waals surface area contributed by atoms with Crippen LogP contribution in [-0.4, -0.2) is 31.0 Å². The molecule has 0 aromatic rings. The van der Waals surface area contributed by atoms with Gasteiger partial charge in [-0.05, 0) is 0 Å². The first kappa shape index (κ1) is 6.57. The van der Waals surface area contributed by atoms with E-state index in [4.69, 9.17) is 4.55 Å². The predicted octanol–water partition coefficient (Wildman–Crippen LogP) is -0.339. The summed E-state index contributed by atoms with van der Waals surface area (Å²) in [7, 11) is -3.90. The summed E-state index contributed by atoms with van der Waals surface area (Å²) in [5.41, 5.74) is 0.